The zero-order chi connectivity index (χ0) is 17.1. The lowest BCUT2D eigenvalue weighted by atomic mass is 9.99. The summed E-state index contributed by atoms with van der Waals surface area (Å²) in [5.41, 5.74) is 1.02. The number of aliphatic hydroxyl groups excluding tert-OH is 4. The molecular formula is C16H20N2O6. The standard InChI is InChI=1S/C16H20N2O6/c19-8-11-13(20)14(21)15(22)16(24-11)23-10-3-1-9(2-4-10)7-12-17-5-6-18-12/h1-6,11,13-16,19-22H,7-8H2,(H,17,18). The Labute approximate surface area is 138 Å². The molecule has 2 heterocycles. The first-order valence-corrected chi connectivity index (χ1v) is 7.63. The number of hydrogen-bond acceptors (Lipinski definition) is 7. The van der Waals surface area contributed by atoms with Crippen molar-refractivity contribution in [2.24, 2.45) is 0 Å². The molecule has 0 radical (unpaired) electrons. The summed E-state index contributed by atoms with van der Waals surface area (Å²) in [7, 11) is 0. The van der Waals surface area contributed by atoms with E-state index >= 15 is 0 Å². The molecule has 5 unspecified atom stereocenters. The van der Waals surface area contributed by atoms with Gasteiger partial charge in [0, 0.05) is 18.8 Å². The summed E-state index contributed by atoms with van der Waals surface area (Å²) in [5.74, 6) is 1.28. The normalized spacial score (nSPS) is 30.2. The summed E-state index contributed by atoms with van der Waals surface area (Å²) in [6.45, 7) is -0.493. The third kappa shape index (κ3) is 3.58. The number of aliphatic hydroxyl groups is 4. The fourth-order valence-electron chi connectivity index (χ4n) is 2.57. The van der Waals surface area contributed by atoms with Gasteiger partial charge in [-0.25, -0.2) is 4.98 Å². The van der Waals surface area contributed by atoms with Crippen LogP contribution < -0.4 is 4.74 Å². The van der Waals surface area contributed by atoms with Crippen molar-refractivity contribution >= 4 is 0 Å². The molecule has 0 amide bonds. The Balaban J connectivity index is 1.64. The molecule has 1 fully saturated rings. The third-order valence-corrected chi connectivity index (χ3v) is 3.95. The van der Waals surface area contributed by atoms with Crippen molar-refractivity contribution in [2.45, 2.75) is 37.1 Å². The van der Waals surface area contributed by atoms with Gasteiger partial charge in [0.25, 0.3) is 0 Å². The van der Waals surface area contributed by atoms with E-state index in [4.69, 9.17) is 14.6 Å². The summed E-state index contributed by atoms with van der Waals surface area (Å²) in [6, 6.07) is 7.11. The highest BCUT2D eigenvalue weighted by Gasteiger charge is 2.44. The maximum atomic E-state index is 9.95. The van der Waals surface area contributed by atoms with E-state index < -0.39 is 37.3 Å². The van der Waals surface area contributed by atoms with Gasteiger partial charge in [0.05, 0.1) is 6.61 Å². The van der Waals surface area contributed by atoms with Crippen LogP contribution in [-0.4, -0.2) is 67.7 Å². The van der Waals surface area contributed by atoms with Gasteiger partial charge < -0.3 is 34.9 Å². The van der Waals surface area contributed by atoms with E-state index in [-0.39, 0.29) is 0 Å². The van der Waals surface area contributed by atoms with Gasteiger partial charge in [-0.05, 0) is 17.7 Å². The van der Waals surface area contributed by atoms with Crippen LogP contribution in [0.25, 0.3) is 0 Å². The van der Waals surface area contributed by atoms with Crippen LogP contribution in [0, 0.1) is 0 Å². The second-order valence-corrected chi connectivity index (χ2v) is 5.67. The van der Waals surface area contributed by atoms with Gasteiger partial charge in [0.15, 0.2) is 0 Å². The minimum Gasteiger partial charge on any atom is -0.462 e. The molecule has 130 valence electrons. The second kappa shape index (κ2) is 7.29. The molecule has 24 heavy (non-hydrogen) atoms. The molecular weight excluding hydrogens is 316 g/mol. The predicted octanol–water partition coefficient (Wildman–Crippen LogP) is -0.821. The number of benzene rings is 1. The molecule has 0 spiro atoms. The Hall–Kier alpha value is -1.97. The van der Waals surface area contributed by atoms with Crippen molar-refractivity contribution < 1.29 is 29.9 Å². The van der Waals surface area contributed by atoms with Crippen molar-refractivity contribution in [2.75, 3.05) is 6.61 Å². The highest BCUT2D eigenvalue weighted by atomic mass is 16.7. The molecule has 2 aromatic rings. The number of hydrogen-bond donors (Lipinski definition) is 5. The quantitative estimate of drug-likeness (QED) is 0.482. The number of ether oxygens (including phenoxy) is 2. The number of rotatable bonds is 5. The maximum Gasteiger partial charge on any atom is 0.229 e. The van der Waals surface area contributed by atoms with Crippen LogP contribution in [0.5, 0.6) is 5.75 Å². The molecule has 1 aliphatic heterocycles. The predicted molar refractivity (Wildman–Crippen MR) is 82.2 cm³/mol. The molecule has 1 aromatic heterocycles. The number of aromatic nitrogens is 2. The van der Waals surface area contributed by atoms with Crippen molar-refractivity contribution in [1.82, 2.24) is 9.97 Å². The lowest BCUT2D eigenvalue weighted by Crippen LogP contribution is -2.60. The minimum atomic E-state index is -1.46. The molecule has 0 bridgehead atoms. The average Bonchev–Trinajstić information content (AvgIpc) is 3.10. The van der Waals surface area contributed by atoms with Crippen LogP contribution in [0.3, 0.4) is 0 Å². The van der Waals surface area contributed by atoms with E-state index in [2.05, 4.69) is 9.97 Å². The van der Waals surface area contributed by atoms with Crippen molar-refractivity contribution in [3.8, 4) is 5.75 Å². The Bertz CT molecular complexity index is 631. The van der Waals surface area contributed by atoms with Crippen LogP contribution in [0.15, 0.2) is 36.7 Å². The highest BCUT2D eigenvalue weighted by Crippen LogP contribution is 2.24. The molecule has 5 atom stereocenters. The Kier molecular flexibility index (Phi) is 5.12. The first-order chi connectivity index (χ1) is 11.6. The average molecular weight is 336 g/mol. The lowest BCUT2D eigenvalue weighted by molar-refractivity contribution is -0.277. The molecule has 8 heteroatoms. The summed E-state index contributed by atoms with van der Waals surface area (Å²) in [4.78, 5) is 7.18. The van der Waals surface area contributed by atoms with Gasteiger partial charge in [-0.15, -0.1) is 0 Å². The number of H-pyrrole nitrogens is 1. The van der Waals surface area contributed by atoms with Crippen LogP contribution in [0.4, 0.5) is 0 Å². The minimum absolute atomic E-state index is 0.433. The van der Waals surface area contributed by atoms with E-state index in [0.717, 1.165) is 11.4 Å². The Morgan fingerprint density at radius 2 is 1.83 bits per heavy atom. The molecule has 1 aromatic carbocycles. The number of aromatic amines is 1. The maximum absolute atomic E-state index is 9.95. The van der Waals surface area contributed by atoms with E-state index in [1.54, 1.807) is 24.5 Å². The molecule has 1 saturated heterocycles. The van der Waals surface area contributed by atoms with E-state index in [1.807, 2.05) is 12.1 Å². The van der Waals surface area contributed by atoms with Gasteiger partial charge >= 0.3 is 0 Å². The first-order valence-electron chi connectivity index (χ1n) is 7.63. The van der Waals surface area contributed by atoms with Gasteiger partial charge in [0.1, 0.15) is 36.0 Å². The van der Waals surface area contributed by atoms with Crippen molar-refractivity contribution in [3.63, 3.8) is 0 Å². The van der Waals surface area contributed by atoms with Crippen LogP contribution in [-0.2, 0) is 11.2 Å². The lowest BCUT2D eigenvalue weighted by Gasteiger charge is -2.39. The van der Waals surface area contributed by atoms with Crippen molar-refractivity contribution in [3.05, 3.63) is 48.0 Å². The largest absolute Gasteiger partial charge is 0.462 e. The van der Waals surface area contributed by atoms with Crippen molar-refractivity contribution in [1.29, 1.82) is 0 Å². The summed E-state index contributed by atoms with van der Waals surface area (Å²) >= 11 is 0. The summed E-state index contributed by atoms with van der Waals surface area (Å²) in [5, 5.41) is 38.6. The SMILES string of the molecule is OCC1OC(Oc2ccc(Cc3ncc[nH]3)cc2)C(O)C(O)C1O. The van der Waals surface area contributed by atoms with Crippen LogP contribution in [0.2, 0.25) is 0 Å². The number of nitrogens with zero attached hydrogens (tertiary/aromatic N) is 1. The smallest absolute Gasteiger partial charge is 0.229 e. The zero-order valence-corrected chi connectivity index (χ0v) is 12.8. The molecule has 0 aliphatic carbocycles. The van der Waals surface area contributed by atoms with Crippen LogP contribution in [0.1, 0.15) is 11.4 Å². The van der Waals surface area contributed by atoms with E-state index in [1.165, 1.54) is 0 Å². The monoisotopic (exact) mass is 336 g/mol. The molecule has 3 rings (SSSR count). The van der Waals surface area contributed by atoms with Gasteiger partial charge in [0.2, 0.25) is 6.29 Å². The fraction of sp³-hybridized carbons (Fsp3) is 0.438. The third-order valence-electron chi connectivity index (χ3n) is 3.95. The van der Waals surface area contributed by atoms with Gasteiger partial charge in [-0.1, -0.05) is 12.1 Å². The molecule has 8 nitrogen and oxygen atoms in total. The van der Waals surface area contributed by atoms with E-state index in [0.29, 0.717) is 12.2 Å². The van der Waals surface area contributed by atoms with Gasteiger partial charge in [-0.3, -0.25) is 0 Å². The first kappa shape index (κ1) is 16.9. The summed E-state index contributed by atoms with van der Waals surface area (Å²) < 4.78 is 10.8. The van der Waals surface area contributed by atoms with Gasteiger partial charge in [-0.2, -0.15) is 0 Å². The van der Waals surface area contributed by atoms with E-state index in [9.17, 15) is 15.3 Å². The Morgan fingerprint density at radius 3 is 2.46 bits per heavy atom. The fourth-order valence-corrected chi connectivity index (χ4v) is 2.57. The zero-order valence-electron chi connectivity index (χ0n) is 12.8. The number of imidazole rings is 1. The molecule has 5 N–H and O–H groups in total. The van der Waals surface area contributed by atoms with Crippen LogP contribution >= 0.6 is 0 Å². The summed E-state index contributed by atoms with van der Waals surface area (Å²) in [6.07, 6.45) is -2.38. The Morgan fingerprint density at radius 1 is 1.08 bits per heavy atom. The molecule has 0 saturated carbocycles. The highest BCUT2D eigenvalue weighted by molar-refractivity contribution is 5.29. The number of nitrogens with one attached hydrogen (secondary N) is 1. The second-order valence-electron chi connectivity index (χ2n) is 5.67. The molecule has 1 aliphatic rings. The topological polar surface area (TPSA) is 128 Å².